The van der Waals surface area contributed by atoms with Gasteiger partial charge in [-0.2, -0.15) is 14.0 Å². The third-order valence-electron chi connectivity index (χ3n) is 1.92. The molecular formula is C7H15ClN2O5. The highest BCUT2D eigenvalue weighted by atomic mass is 35.7. The number of hydrogen-bond acceptors (Lipinski definition) is 7. The number of halogens is 1. The molecule has 8 heteroatoms. The molecule has 2 N–H and O–H groups in total. The van der Waals surface area contributed by atoms with Crippen LogP contribution in [0.5, 0.6) is 0 Å². The number of hydrogen-bond donors (Lipinski definition) is 2. The summed E-state index contributed by atoms with van der Waals surface area (Å²) in [4.78, 5) is 4.20. The van der Waals surface area contributed by atoms with Crippen molar-refractivity contribution in [2.45, 2.75) is 13.1 Å². The molecule has 0 spiro atoms. The molecule has 0 radical (unpaired) electrons. The van der Waals surface area contributed by atoms with E-state index in [1.54, 1.807) is 0 Å². The Bertz CT molecular complexity index is 202. The second-order valence-corrected chi connectivity index (χ2v) is 3.74. The molecule has 1 atom stereocenters. The molecule has 1 unspecified atom stereocenters. The zero-order valence-electron chi connectivity index (χ0n) is 8.54. The van der Waals surface area contributed by atoms with E-state index in [-0.39, 0.29) is 6.61 Å². The first-order chi connectivity index (χ1) is 6.75. The van der Waals surface area contributed by atoms with Gasteiger partial charge in [0.1, 0.15) is 0 Å². The Morgan fingerprint density at radius 3 is 2.07 bits per heavy atom. The van der Waals surface area contributed by atoms with Crippen LogP contribution in [0.3, 0.4) is 0 Å². The van der Waals surface area contributed by atoms with Crippen LogP contribution in [0, 0.1) is 10.2 Å². The van der Waals surface area contributed by atoms with Gasteiger partial charge in [-0.15, -0.1) is 0 Å². The summed E-state index contributed by atoms with van der Waals surface area (Å²) in [5, 5.41) is 8.64. The Hall–Kier alpha value is -0.570. The maximum absolute atomic E-state index is 8.64. The van der Waals surface area contributed by atoms with Gasteiger partial charge in [0.2, 0.25) is 0 Å². The molecule has 0 aromatic rings. The lowest BCUT2D eigenvalue weighted by Gasteiger charge is -2.26. The van der Waals surface area contributed by atoms with Gasteiger partial charge < -0.3 is 14.9 Å². The Balaban J connectivity index is 0.000000336. The maximum atomic E-state index is 8.64. The van der Waals surface area contributed by atoms with Crippen molar-refractivity contribution in [1.82, 2.24) is 9.80 Å². The van der Waals surface area contributed by atoms with Crippen molar-refractivity contribution in [2.24, 2.45) is 0 Å². The molecule has 1 aliphatic heterocycles. The predicted octanol–water partition coefficient (Wildman–Crippen LogP) is -4.08. The number of rotatable bonds is 2. The standard InChI is InChI=1S/C7H14N2O.ClHO4/c1-7-8(2)3-4-9(7)5-6-10;2-1(3,4)5/h3-4,7,10H,5-6H2,1-2H3;(H,2,3,4,5). The molecule has 1 rings (SSSR count). The molecule has 1 heterocycles. The first kappa shape index (κ1) is 14.4. The third kappa shape index (κ3) is 7.37. The lowest BCUT2D eigenvalue weighted by Crippen LogP contribution is -2.58. The highest BCUT2D eigenvalue weighted by Gasteiger charge is 2.16. The van der Waals surface area contributed by atoms with Crippen LogP contribution in [-0.2, 0) is 0 Å². The van der Waals surface area contributed by atoms with Crippen LogP contribution in [0.4, 0.5) is 0 Å². The fourth-order valence-corrected chi connectivity index (χ4v) is 1.05. The van der Waals surface area contributed by atoms with Crippen LogP contribution in [0.1, 0.15) is 6.92 Å². The molecule has 0 amide bonds. The molecule has 15 heavy (non-hydrogen) atoms. The number of aliphatic hydroxyl groups excluding tert-OH is 1. The summed E-state index contributed by atoms with van der Waals surface area (Å²) in [6, 6.07) is 0. The first-order valence-corrected chi connectivity index (χ1v) is 5.42. The Labute approximate surface area is 90.2 Å². The van der Waals surface area contributed by atoms with E-state index in [0.717, 1.165) is 6.54 Å². The molecule has 0 aromatic carbocycles. The van der Waals surface area contributed by atoms with Crippen molar-refractivity contribution in [3.05, 3.63) is 12.4 Å². The monoisotopic (exact) mass is 242 g/mol. The number of nitrogens with zero attached hydrogens (tertiary/aromatic N) is 2. The molecule has 0 aromatic heterocycles. The highest BCUT2D eigenvalue weighted by Crippen LogP contribution is 2.11. The summed E-state index contributed by atoms with van der Waals surface area (Å²) in [7, 11) is -2.67. The SMILES string of the molecule is CC1N(C)C=CN1CCO.[O-][Cl+3]([O-])([O-])O. The van der Waals surface area contributed by atoms with Crippen LogP contribution < -0.4 is 14.0 Å². The van der Waals surface area contributed by atoms with Crippen molar-refractivity contribution in [1.29, 1.82) is 0 Å². The van der Waals surface area contributed by atoms with Gasteiger partial charge >= 0.3 is 0 Å². The molecule has 0 aliphatic carbocycles. The average Bonchev–Trinajstić information content (AvgIpc) is 2.34. The summed E-state index contributed by atoms with van der Waals surface area (Å²) >= 11 is 0. The molecule has 0 fully saturated rings. The maximum Gasteiger partial charge on any atom is 0.0975 e. The minimum absolute atomic E-state index is 0.225. The molecule has 90 valence electrons. The second kappa shape index (κ2) is 6.11. The van der Waals surface area contributed by atoms with Crippen molar-refractivity contribution < 1.29 is 34.0 Å². The van der Waals surface area contributed by atoms with E-state index in [1.807, 2.05) is 19.4 Å². The molecule has 0 saturated carbocycles. The summed E-state index contributed by atoms with van der Waals surface area (Å²) in [5.74, 6) is 0. The van der Waals surface area contributed by atoms with Crippen LogP contribution in [0.15, 0.2) is 12.4 Å². The lowest BCUT2D eigenvalue weighted by molar-refractivity contribution is -1.92. The number of aliphatic hydroxyl groups is 1. The van der Waals surface area contributed by atoms with Crippen molar-refractivity contribution in [3.8, 4) is 0 Å². The number of β-amino-alcohol motifs (C(OH)–C–C–N with tert-alkyl or cyclic N) is 1. The van der Waals surface area contributed by atoms with E-state index >= 15 is 0 Å². The summed E-state index contributed by atoms with van der Waals surface area (Å²) in [6.07, 6.45) is 4.41. The van der Waals surface area contributed by atoms with Gasteiger partial charge in [0.25, 0.3) is 0 Å². The van der Waals surface area contributed by atoms with Crippen LogP contribution in [0.2, 0.25) is 0 Å². The van der Waals surface area contributed by atoms with Crippen molar-refractivity contribution in [3.63, 3.8) is 0 Å². The van der Waals surface area contributed by atoms with Gasteiger partial charge in [-0.25, -0.2) is 0 Å². The second-order valence-electron chi connectivity index (χ2n) is 2.95. The van der Waals surface area contributed by atoms with E-state index < -0.39 is 10.2 Å². The largest absolute Gasteiger partial charge is 0.395 e. The summed E-state index contributed by atoms with van der Waals surface area (Å²) < 4.78 is 32.7. The highest BCUT2D eigenvalue weighted by molar-refractivity contribution is 4.93. The van der Waals surface area contributed by atoms with E-state index in [9.17, 15) is 0 Å². The zero-order chi connectivity index (χ0) is 12.1. The van der Waals surface area contributed by atoms with Gasteiger partial charge in [-0.05, 0) is 6.92 Å². The molecule has 0 saturated heterocycles. The first-order valence-electron chi connectivity index (χ1n) is 4.16. The third-order valence-corrected chi connectivity index (χ3v) is 1.92. The topological polar surface area (TPSA) is 116 Å². The Kier molecular flexibility index (Phi) is 5.88. The van der Waals surface area contributed by atoms with Crippen LogP contribution in [0.25, 0.3) is 0 Å². The lowest BCUT2D eigenvalue weighted by atomic mass is 10.4. The van der Waals surface area contributed by atoms with Crippen molar-refractivity contribution >= 4 is 0 Å². The van der Waals surface area contributed by atoms with E-state index in [2.05, 4.69) is 16.7 Å². The Morgan fingerprint density at radius 1 is 1.33 bits per heavy atom. The van der Waals surface area contributed by atoms with E-state index in [1.165, 1.54) is 0 Å². The normalized spacial score (nSPS) is 20.3. The minimum atomic E-state index is -4.69. The summed E-state index contributed by atoms with van der Waals surface area (Å²) in [5.41, 5.74) is 0. The van der Waals surface area contributed by atoms with E-state index in [4.69, 9.17) is 23.7 Å². The van der Waals surface area contributed by atoms with Crippen LogP contribution >= 0.6 is 0 Å². The fraction of sp³-hybridized carbons (Fsp3) is 0.714. The smallest absolute Gasteiger partial charge is 0.0975 e. The van der Waals surface area contributed by atoms with Gasteiger partial charge in [0.05, 0.1) is 27.7 Å². The zero-order valence-corrected chi connectivity index (χ0v) is 9.29. The van der Waals surface area contributed by atoms with Gasteiger partial charge in [0.15, 0.2) is 0 Å². The molecule has 7 nitrogen and oxygen atoms in total. The fourth-order valence-electron chi connectivity index (χ4n) is 1.05. The van der Waals surface area contributed by atoms with Crippen molar-refractivity contribution in [2.75, 3.05) is 20.2 Å². The van der Waals surface area contributed by atoms with Gasteiger partial charge in [-0.1, -0.05) is 0 Å². The van der Waals surface area contributed by atoms with Gasteiger partial charge in [-0.3, -0.25) is 0 Å². The molecule has 0 bridgehead atoms. The summed E-state index contributed by atoms with van der Waals surface area (Å²) in [6.45, 7) is 3.06. The Morgan fingerprint density at radius 2 is 1.80 bits per heavy atom. The predicted molar refractivity (Wildman–Crippen MR) is 42.4 cm³/mol. The van der Waals surface area contributed by atoms with Gasteiger partial charge in [0, 0.05) is 26.0 Å². The van der Waals surface area contributed by atoms with E-state index in [0.29, 0.717) is 6.17 Å². The van der Waals surface area contributed by atoms with Crippen LogP contribution in [-0.4, -0.2) is 45.9 Å². The molecule has 1 aliphatic rings. The molecular weight excluding hydrogens is 228 g/mol. The minimum Gasteiger partial charge on any atom is -0.395 e. The average molecular weight is 243 g/mol. The quantitative estimate of drug-likeness (QED) is 0.506.